The van der Waals surface area contributed by atoms with Crippen LogP contribution in [-0.4, -0.2) is 28.2 Å². The highest BCUT2D eigenvalue weighted by molar-refractivity contribution is 5.50. The molecule has 106 valence electrons. The van der Waals surface area contributed by atoms with E-state index in [0.717, 1.165) is 19.4 Å². The number of nitrogens with two attached hydrogens (primary N) is 2. The van der Waals surface area contributed by atoms with Gasteiger partial charge in [-0.15, -0.1) is 0 Å². The monoisotopic (exact) mass is 266 g/mol. The summed E-state index contributed by atoms with van der Waals surface area (Å²) in [5.74, 6) is 7.49. The van der Waals surface area contributed by atoms with E-state index in [1.54, 1.807) is 6.07 Å². The summed E-state index contributed by atoms with van der Waals surface area (Å²) in [5, 5.41) is 12.6. The van der Waals surface area contributed by atoms with Gasteiger partial charge < -0.3 is 21.6 Å². The fourth-order valence-corrected chi connectivity index (χ4v) is 2.66. The van der Waals surface area contributed by atoms with Crippen molar-refractivity contribution in [2.75, 3.05) is 29.6 Å². The average molecular weight is 266 g/mol. The molecule has 0 radical (unpaired) electrons. The lowest BCUT2D eigenvalue weighted by molar-refractivity contribution is 0.141. The standard InChI is InChI=1S/C12H22N6O/c13-12-16-10(5-11(17-12)18-14)15-6-8-3-1-2-4-9(8)7-19/h5,8-9,19H,1-4,6-7,14H2,(H4,13,15,16,17,18). The smallest absolute Gasteiger partial charge is 0.223 e. The maximum Gasteiger partial charge on any atom is 0.223 e. The van der Waals surface area contributed by atoms with Crippen molar-refractivity contribution >= 4 is 17.6 Å². The van der Waals surface area contributed by atoms with Gasteiger partial charge in [0.2, 0.25) is 5.95 Å². The summed E-state index contributed by atoms with van der Waals surface area (Å²) in [5.41, 5.74) is 8.05. The highest BCUT2D eigenvalue weighted by atomic mass is 16.3. The molecule has 19 heavy (non-hydrogen) atoms. The highest BCUT2D eigenvalue weighted by Gasteiger charge is 2.24. The minimum Gasteiger partial charge on any atom is -0.396 e. The largest absolute Gasteiger partial charge is 0.396 e. The van der Waals surface area contributed by atoms with Crippen LogP contribution in [0.4, 0.5) is 17.6 Å². The number of hydrogen-bond donors (Lipinski definition) is 5. The molecule has 0 bridgehead atoms. The Morgan fingerprint density at radius 3 is 2.58 bits per heavy atom. The van der Waals surface area contributed by atoms with Gasteiger partial charge >= 0.3 is 0 Å². The molecular formula is C12H22N6O. The maximum absolute atomic E-state index is 9.38. The predicted molar refractivity (Wildman–Crippen MR) is 75.3 cm³/mol. The molecule has 1 saturated carbocycles. The average Bonchev–Trinajstić information content (AvgIpc) is 2.44. The summed E-state index contributed by atoms with van der Waals surface area (Å²) in [7, 11) is 0. The van der Waals surface area contributed by atoms with Gasteiger partial charge in [-0.25, -0.2) is 5.84 Å². The normalized spacial score (nSPS) is 23.1. The quantitative estimate of drug-likeness (QED) is 0.390. The molecular weight excluding hydrogens is 244 g/mol. The summed E-state index contributed by atoms with van der Waals surface area (Å²) in [6, 6.07) is 1.72. The molecule has 1 aliphatic rings. The molecule has 0 spiro atoms. The number of nitrogen functional groups attached to an aromatic ring is 2. The lowest BCUT2D eigenvalue weighted by atomic mass is 9.79. The second-order valence-corrected chi connectivity index (χ2v) is 5.01. The summed E-state index contributed by atoms with van der Waals surface area (Å²) in [6.07, 6.45) is 4.68. The Balaban J connectivity index is 1.95. The van der Waals surface area contributed by atoms with Crippen molar-refractivity contribution in [1.29, 1.82) is 0 Å². The maximum atomic E-state index is 9.38. The van der Waals surface area contributed by atoms with Crippen LogP contribution in [0.5, 0.6) is 0 Å². The van der Waals surface area contributed by atoms with Crippen LogP contribution in [0.2, 0.25) is 0 Å². The summed E-state index contributed by atoms with van der Waals surface area (Å²) >= 11 is 0. The van der Waals surface area contributed by atoms with E-state index in [0.29, 0.717) is 23.5 Å². The molecule has 0 aromatic carbocycles. The minimum atomic E-state index is 0.181. The van der Waals surface area contributed by atoms with E-state index in [4.69, 9.17) is 11.6 Å². The third-order valence-corrected chi connectivity index (χ3v) is 3.74. The molecule has 1 fully saturated rings. The highest BCUT2D eigenvalue weighted by Crippen LogP contribution is 2.29. The Kier molecular flexibility index (Phi) is 4.75. The number of anilines is 3. The van der Waals surface area contributed by atoms with Crippen LogP contribution in [0.1, 0.15) is 25.7 Å². The Hall–Kier alpha value is -1.60. The Morgan fingerprint density at radius 1 is 1.21 bits per heavy atom. The van der Waals surface area contributed by atoms with Crippen molar-refractivity contribution in [3.63, 3.8) is 0 Å². The van der Waals surface area contributed by atoms with Crippen molar-refractivity contribution < 1.29 is 5.11 Å². The van der Waals surface area contributed by atoms with E-state index in [1.807, 2.05) is 0 Å². The van der Waals surface area contributed by atoms with Crippen LogP contribution in [0.25, 0.3) is 0 Å². The number of hydrazine groups is 1. The number of hydrogen-bond acceptors (Lipinski definition) is 7. The molecule has 2 unspecified atom stereocenters. The van der Waals surface area contributed by atoms with Crippen LogP contribution < -0.4 is 22.3 Å². The van der Waals surface area contributed by atoms with Gasteiger partial charge in [-0.2, -0.15) is 9.97 Å². The number of aliphatic hydroxyl groups is 1. The number of rotatable bonds is 5. The number of nitrogens with zero attached hydrogens (tertiary/aromatic N) is 2. The fourth-order valence-electron chi connectivity index (χ4n) is 2.66. The molecule has 7 N–H and O–H groups in total. The van der Waals surface area contributed by atoms with Crippen LogP contribution in [0.3, 0.4) is 0 Å². The zero-order valence-corrected chi connectivity index (χ0v) is 11.0. The number of nitrogens with one attached hydrogen (secondary N) is 2. The van der Waals surface area contributed by atoms with Gasteiger partial charge in [0.1, 0.15) is 11.6 Å². The van der Waals surface area contributed by atoms with Crippen LogP contribution in [0.15, 0.2) is 6.07 Å². The van der Waals surface area contributed by atoms with E-state index in [1.165, 1.54) is 12.8 Å². The second-order valence-electron chi connectivity index (χ2n) is 5.01. The topological polar surface area (TPSA) is 122 Å². The van der Waals surface area contributed by atoms with E-state index in [9.17, 15) is 5.11 Å². The first-order valence-electron chi connectivity index (χ1n) is 6.69. The van der Waals surface area contributed by atoms with Gasteiger partial charge in [0.05, 0.1) is 0 Å². The second kappa shape index (κ2) is 6.53. The number of aliphatic hydroxyl groups excluding tert-OH is 1. The van der Waals surface area contributed by atoms with Crippen LogP contribution in [-0.2, 0) is 0 Å². The van der Waals surface area contributed by atoms with E-state index in [2.05, 4.69) is 20.7 Å². The van der Waals surface area contributed by atoms with Gasteiger partial charge in [-0.1, -0.05) is 12.8 Å². The Bertz CT molecular complexity index is 413. The van der Waals surface area contributed by atoms with Crippen molar-refractivity contribution in [3.8, 4) is 0 Å². The van der Waals surface area contributed by atoms with Gasteiger partial charge in [0, 0.05) is 19.2 Å². The van der Waals surface area contributed by atoms with Crippen LogP contribution in [0, 0.1) is 11.8 Å². The molecule has 1 aliphatic carbocycles. The lowest BCUT2D eigenvalue weighted by Crippen LogP contribution is -2.29. The Labute approximate surface area is 112 Å². The molecule has 0 amide bonds. The molecule has 1 aromatic heterocycles. The minimum absolute atomic E-state index is 0.181. The number of aromatic nitrogens is 2. The molecule has 0 saturated heterocycles. The summed E-state index contributed by atoms with van der Waals surface area (Å²) < 4.78 is 0. The Morgan fingerprint density at radius 2 is 1.89 bits per heavy atom. The summed E-state index contributed by atoms with van der Waals surface area (Å²) in [4.78, 5) is 8.04. The molecule has 2 atom stereocenters. The van der Waals surface area contributed by atoms with Crippen LogP contribution >= 0.6 is 0 Å². The molecule has 7 nitrogen and oxygen atoms in total. The first-order valence-corrected chi connectivity index (χ1v) is 6.69. The van der Waals surface area contributed by atoms with Crippen molar-refractivity contribution in [3.05, 3.63) is 6.07 Å². The van der Waals surface area contributed by atoms with Crippen molar-refractivity contribution in [2.24, 2.45) is 17.7 Å². The fraction of sp³-hybridized carbons (Fsp3) is 0.667. The van der Waals surface area contributed by atoms with Crippen molar-refractivity contribution in [1.82, 2.24) is 9.97 Å². The molecule has 1 aromatic rings. The zero-order chi connectivity index (χ0) is 13.7. The van der Waals surface area contributed by atoms with Gasteiger partial charge in [0.15, 0.2) is 0 Å². The van der Waals surface area contributed by atoms with E-state index in [-0.39, 0.29) is 12.6 Å². The van der Waals surface area contributed by atoms with Gasteiger partial charge in [0.25, 0.3) is 0 Å². The third kappa shape index (κ3) is 3.68. The van der Waals surface area contributed by atoms with Gasteiger partial charge in [-0.05, 0) is 24.7 Å². The first-order chi connectivity index (χ1) is 9.22. The predicted octanol–water partition coefficient (Wildman–Crippen LogP) is 0.555. The molecule has 2 rings (SSSR count). The third-order valence-electron chi connectivity index (χ3n) is 3.74. The van der Waals surface area contributed by atoms with E-state index < -0.39 is 0 Å². The molecule has 7 heteroatoms. The molecule has 1 heterocycles. The van der Waals surface area contributed by atoms with Crippen molar-refractivity contribution in [2.45, 2.75) is 25.7 Å². The SMILES string of the molecule is NNc1cc(NCC2CCCCC2CO)nc(N)n1. The molecule has 0 aliphatic heterocycles. The van der Waals surface area contributed by atoms with Gasteiger partial charge in [-0.3, -0.25) is 0 Å². The zero-order valence-electron chi connectivity index (χ0n) is 11.0. The summed E-state index contributed by atoms with van der Waals surface area (Å²) in [6.45, 7) is 1.04. The van der Waals surface area contributed by atoms with E-state index >= 15 is 0 Å². The first kappa shape index (κ1) is 13.8. The lowest BCUT2D eigenvalue weighted by Gasteiger charge is -2.30.